The second kappa shape index (κ2) is 7.90. The molecule has 0 saturated heterocycles. The lowest BCUT2D eigenvalue weighted by Gasteiger charge is -2.07. The monoisotopic (exact) mass is 411 g/mol. The fourth-order valence-electron chi connectivity index (χ4n) is 1.72. The second-order valence-corrected chi connectivity index (χ2v) is 5.74. The van der Waals surface area contributed by atoms with E-state index in [0.717, 1.165) is 3.57 Å². The van der Waals surface area contributed by atoms with Gasteiger partial charge in [0.15, 0.2) is 6.61 Å². The van der Waals surface area contributed by atoms with Gasteiger partial charge in [-0.05, 0) is 58.5 Å². The van der Waals surface area contributed by atoms with Crippen molar-refractivity contribution in [3.63, 3.8) is 0 Å². The van der Waals surface area contributed by atoms with Crippen LogP contribution in [-0.4, -0.2) is 23.6 Å². The molecule has 1 amide bonds. The molecule has 0 aromatic heterocycles. The minimum Gasteiger partial charge on any atom is -0.452 e. The first-order valence-electron chi connectivity index (χ1n) is 6.51. The van der Waals surface area contributed by atoms with Crippen molar-refractivity contribution < 1.29 is 19.4 Å². The third-order valence-corrected chi connectivity index (χ3v) is 3.49. The Labute approximate surface area is 141 Å². The lowest BCUT2D eigenvalue weighted by molar-refractivity contribution is -0.119. The van der Waals surface area contributed by atoms with Crippen LogP contribution in [0.5, 0.6) is 0 Å². The summed E-state index contributed by atoms with van der Waals surface area (Å²) in [5, 5.41) is 11.6. The van der Waals surface area contributed by atoms with Crippen LogP contribution in [0.25, 0.3) is 0 Å². The lowest BCUT2D eigenvalue weighted by atomic mass is 10.1. The van der Waals surface area contributed by atoms with Crippen molar-refractivity contribution in [1.82, 2.24) is 0 Å². The van der Waals surface area contributed by atoms with Crippen LogP contribution in [0.4, 0.5) is 5.69 Å². The van der Waals surface area contributed by atoms with Crippen LogP contribution >= 0.6 is 22.6 Å². The van der Waals surface area contributed by atoms with Crippen LogP contribution in [0.15, 0.2) is 48.5 Å². The van der Waals surface area contributed by atoms with E-state index in [-0.39, 0.29) is 13.2 Å². The van der Waals surface area contributed by atoms with Crippen LogP contribution in [0.2, 0.25) is 0 Å². The maximum absolute atomic E-state index is 11.8. The van der Waals surface area contributed by atoms with Gasteiger partial charge in [0, 0.05) is 9.26 Å². The molecule has 22 heavy (non-hydrogen) atoms. The van der Waals surface area contributed by atoms with Gasteiger partial charge in [-0.25, -0.2) is 4.79 Å². The fourth-order valence-corrected chi connectivity index (χ4v) is 2.27. The predicted octanol–water partition coefficient (Wildman–Crippen LogP) is 2.58. The van der Waals surface area contributed by atoms with Crippen molar-refractivity contribution in [2.75, 3.05) is 11.9 Å². The molecule has 2 aromatic carbocycles. The number of amides is 1. The predicted molar refractivity (Wildman–Crippen MR) is 90.4 cm³/mol. The highest BCUT2D eigenvalue weighted by atomic mass is 127. The van der Waals surface area contributed by atoms with E-state index in [2.05, 4.69) is 27.9 Å². The first-order chi connectivity index (χ1) is 10.6. The van der Waals surface area contributed by atoms with Gasteiger partial charge < -0.3 is 15.2 Å². The highest BCUT2D eigenvalue weighted by Crippen LogP contribution is 2.12. The van der Waals surface area contributed by atoms with Gasteiger partial charge in [-0.15, -0.1) is 0 Å². The van der Waals surface area contributed by atoms with Crippen molar-refractivity contribution in [1.29, 1.82) is 0 Å². The fraction of sp³-hybridized carbons (Fsp3) is 0.125. The highest BCUT2D eigenvalue weighted by Gasteiger charge is 2.10. The number of hydrogen-bond donors (Lipinski definition) is 2. The number of benzene rings is 2. The van der Waals surface area contributed by atoms with Crippen LogP contribution in [-0.2, 0) is 16.1 Å². The Hall–Kier alpha value is -1.93. The number of anilines is 1. The van der Waals surface area contributed by atoms with Crippen molar-refractivity contribution in [3.8, 4) is 0 Å². The zero-order valence-corrected chi connectivity index (χ0v) is 13.7. The molecule has 0 bridgehead atoms. The average molecular weight is 411 g/mol. The topological polar surface area (TPSA) is 75.6 Å². The highest BCUT2D eigenvalue weighted by molar-refractivity contribution is 14.1. The summed E-state index contributed by atoms with van der Waals surface area (Å²) in [6, 6.07) is 13.7. The lowest BCUT2D eigenvalue weighted by Crippen LogP contribution is -2.20. The number of aliphatic hydroxyl groups is 1. The molecule has 0 unspecified atom stereocenters. The van der Waals surface area contributed by atoms with Gasteiger partial charge in [-0.2, -0.15) is 0 Å². The summed E-state index contributed by atoms with van der Waals surface area (Å²) >= 11 is 2.14. The van der Waals surface area contributed by atoms with E-state index >= 15 is 0 Å². The largest absolute Gasteiger partial charge is 0.452 e. The molecule has 5 nitrogen and oxygen atoms in total. The van der Waals surface area contributed by atoms with E-state index in [9.17, 15) is 9.59 Å². The third kappa shape index (κ3) is 4.81. The van der Waals surface area contributed by atoms with Gasteiger partial charge in [-0.3, -0.25) is 4.79 Å². The van der Waals surface area contributed by atoms with Crippen molar-refractivity contribution >= 4 is 40.2 Å². The summed E-state index contributed by atoms with van der Waals surface area (Å²) in [7, 11) is 0. The summed E-state index contributed by atoms with van der Waals surface area (Å²) < 4.78 is 5.95. The minimum atomic E-state index is -0.581. The number of halogens is 1. The average Bonchev–Trinajstić information content (AvgIpc) is 2.52. The maximum Gasteiger partial charge on any atom is 0.338 e. The summed E-state index contributed by atoms with van der Waals surface area (Å²) in [4.78, 5) is 23.5. The smallest absolute Gasteiger partial charge is 0.338 e. The van der Waals surface area contributed by atoms with E-state index in [1.165, 1.54) is 0 Å². The zero-order chi connectivity index (χ0) is 15.9. The number of nitrogens with one attached hydrogen (secondary N) is 1. The molecule has 114 valence electrons. The molecule has 2 N–H and O–H groups in total. The first kappa shape index (κ1) is 16.4. The summed E-state index contributed by atoms with van der Waals surface area (Å²) in [5.41, 5.74) is 1.69. The van der Waals surface area contributed by atoms with Gasteiger partial charge in [0.05, 0.1) is 12.2 Å². The quantitative estimate of drug-likeness (QED) is 0.586. The molecule has 0 heterocycles. The third-order valence-electron chi connectivity index (χ3n) is 2.81. The van der Waals surface area contributed by atoms with Crippen LogP contribution in [0.3, 0.4) is 0 Å². The second-order valence-electron chi connectivity index (χ2n) is 4.49. The van der Waals surface area contributed by atoms with Crippen molar-refractivity contribution in [2.45, 2.75) is 6.61 Å². The molecule has 6 heteroatoms. The molecule has 0 aliphatic carbocycles. The van der Waals surface area contributed by atoms with Crippen LogP contribution in [0, 0.1) is 3.57 Å². The molecule has 0 saturated carbocycles. The number of ether oxygens (including phenoxy) is 1. The van der Waals surface area contributed by atoms with E-state index in [4.69, 9.17) is 9.84 Å². The maximum atomic E-state index is 11.8. The van der Waals surface area contributed by atoms with Gasteiger partial charge in [0.2, 0.25) is 0 Å². The van der Waals surface area contributed by atoms with Crippen molar-refractivity contribution in [3.05, 3.63) is 63.2 Å². The van der Waals surface area contributed by atoms with Gasteiger partial charge in [-0.1, -0.05) is 18.2 Å². The SMILES string of the molecule is O=C(COC(=O)c1ccc(CO)cc1)Nc1cccc(I)c1. The van der Waals surface area contributed by atoms with Crippen LogP contribution < -0.4 is 5.32 Å². The van der Waals surface area contributed by atoms with Gasteiger partial charge >= 0.3 is 5.97 Å². The zero-order valence-electron chi connectivity index (χ0n) is 11.6. The Morgan fingerprint density at radius 1 is 1.14 bits per heavy atom. The van der Waals surface area contributed by atoms with Crippen LogP contribution in [0.1, 0.15) is 15.9 Å². The van der Waals surface area contributed by atoms with E-state index in [1.54, 1.807) is 30.3 Å². The Bertz CT molecular complexity index is 670. The first-order valence-corrected chi connectivity index (χ1v) is 7.58. The Morgan fingerprint density at radius 3 is 2.50 bits per heavy atom. The van der Waals surface area contributed by atoms with Gasteiger partial charge in [0.25, 0.3) is 5.91 Å². The molecule has 0 aliphatic rings. The number of rotatable bonds is 5. The number of aliphatic hydroxyl groups excluding tert-OH is 1. The molecular weight excluding hydrogens is 397 g/mol. The van der Waals surface area contributed by atoms with Gasteiger partial charge in [0.1, 0.15) is 0 Å². The molecule has 0 atom stereocenters. The van der Waals surface area contributed by atoms with E-state index in [1.807, 2.05) is 18.2 Å². The normalized spacial score (nSPS) is 10.1. The number of hydrogen-bond acceptors (Lipinski definition) is 4. The Kier molecular flexibility index (Phi) is 5.91. The summed E-state index contributed by atoms with van der Waals surface area (Å²) in [5.74, 6) is -0.982. The molecule has 0 spiro atoms. The number of esters is 1. The molecule has 0 fully saturated rings. The molecule has 2 rings (SSSR count). The molecular formula is C16H14INO4. The standard InChI is InChI=1S/C16H14INO4/c17-13-2-1-3-14(8-13)18-15(20)10-22-16(21)12-6-4-11(9-19)5-7-12/h1-8,19H,9-10H2,(H,18,20). The number of carbonyl (C=O) groups excluding carboxylic acids is 2. The molecule has 0 radical (unpaired) electrons. The van der Waals surface area contributed by atoms with E-state index < -0.39 is 11.9 Å². The Morgan fingerprint density at radius 2 is 1.86 bits per heavy atom. The molecule has 2 aromatic rings. The van der Waals surface area contributed by atoms with Crippen molar-refractivity contribution in [2.24, 2.45) is 0 Å². The summed E-state index contributed by atoms with van der Waals surface area (Å²) in [6.45, 7) is -0.445. The van der Waals surface area contributed by atoms with E-state index in [0.29, 0.717) is 16.8 Å². The Balaban J connectivity index is 1.86. The minimum absolute atomic E-state index is 0.0897. The number of carbonyl (C=O) groups is 2. The summed E-state index contributed by atoms with van der Waals surface area (Å²) in [6.07, 6.45) is 0. The molecule has 0 aliphatic heterocycles.